The number of thiophene rings is 1. The molecule has 6 nitrogen and oxygen atoms in total. The summed E-state index contributed by atoms with van der Waals surface area (Å²) in [5.74, 6) is -0.415. The van der Waals surface area contributed by atoms with Crippen molar-refractivity contribution in [3.8, 4) is 0 Å². The van der Waals surface area contributed by atoms with E-state index in [-0.39, 0.29) is 5.84 Å². The van der Waals surface area contributed by atoms with E-state index in [0.717, 1.165) is 10.4 Å². The Kier molecular flexibility index (Phi) is 4.09. The fourth-order valence-electron chi connectivity index (χ4n) is 1.28. The topological polar surface area (TPSA) is 82.5 Å². The minimum absolute atomic E-state index is 0.179. The number of rotatable bonds is 4. The summed E-state index contributed by atoms with van der Waals surface area (Å²) in [6.45, 7) is 0. The number of nitrogens with two attached hydrogens (primary N) is 1. The summed E-state index contributed by atoms with van der Waals surface area (Å²) in [6.07, 6.45) is 6.26. The first kappa shape index (κ1) is 13.0. The number of aryl methyl sites for hydroxylation is 1. The first-order chi connectivity index (χ1) is 9.15. The molecule has 2 aromatic heterocycles. The van der Waals surface area contributed by atoms with Crippen molar-refractivity contribution in [3.05, 3.63) is 46.4 Å². The van der Waals surface area contributed by atoms with Crippen LogP contribution in [0.5, 0.6) is 0 Å². The zero-order valence-electron chi connectivity index (χ0n) is 10.2. The normalized spacial score (nSPS) is 11.9. The fourth-order valence-corrected chi connectivity index (χ4v) is 1.90. The maximum absolute atomic E-state index is 11.4. The summed E-state index contributed by atoms with van der Waals surface area (Å²) < 4.78 is 1.64. The summed E-state index contributed by atoms with van der Waals surface area (Å²) in [7, 11) is 1.79. The van der Waals surface area contributed by atoms with Crippen molar-refractivity contribution in [2.75, 3.05) is 0 Å². The largest absolute Gasteiger partial charge is 0.380 e. The van der Waals surface area contributed by atoms with Crippen LogP contribution in [-0.2, 0) is 16.7 Å². The van der Waals surface area contributed by atoms with Gasteiger partial charge >= 0.3 is 5.97 Å². The molecule has 2 aromatic rings. The molecule has 0 spiro atoms. The number of aromatic nitrogens is 2. The lowest BCUT2D eigenvalue weighted by molar-refractivity contribution is -0.137. The molecule has 98 valence electrons. The fraction of sp³-hybridized carbons (Fsp3) is 0.0833. The third kappa shape index (κ3) is 3.78. The van der Waals surface area contributed by atoms with E-state index in [4.69, 9.17) is 5.73 Å². The van der Waals surface area contributed by atoms with Gasteiger partial charge in [-0.1, -0.05) is 11.2 Å². The number of hydrogen-bond acceptors (Lipinski definition) is 5. The third-order valence-corrected chi connectivity index (χ3v) is 3.04. The second-order valence-electron chi connectivity index (χ2n) is 3.64. The molecule has 0 saturated carbocycles. The molecule has 0 aliphatic rings. The van der Waals surface area contributed by atoms with E-state index in [1.807, 2.05) is 11.4 Å². The number of hydrogen-bond donors (Lipinski definition) is 1. The van der Waals surface area contributed by atoms with Gasteiger partial charge in [-0.15, -0.1) is 11.3 Å². The van der Waals surface area contributed by atoms with Crippen molar-refractivity contribution >= 4 is 29.2 Å². The van der Waals surface area contributed by atoms with Crippen LogP contribution < -0.4 is 5.73 Å². The highest BCUT2D eigenvalue weighted by atomic mass is 32.1. The van der Waals surface area contributed by atoms with Crippen LogP contribution in [-0.4, -0.2) is 21.6 Å². The third-order valence-electron chi connectivity index (χ3n) is 2.14. The van der Waals surface area contributed by atoms with Crippen LogP contribution in [0.15, 0.2) is 41.1 Å². The van der Waals surface area contributed by atoms with Crippen LogP contribution in [0.1, 0.15) is 10.4 Å². The highest BCUT2D eigenvalue weighted by molar-refractivity contribution is 7.12. The first-order valence-corrected chi connectivity index (χ1v) is 6.28. The quantitative estimate of drug-likeness (QED) is 0.300. The summed E-state index contributed by atoms with van der Waals surface area (Å²) >= 11 is 1.42. The lowest BCUT2D eigenvalue weighted by Crippen LogP contribution is -2.13. The Morgan fingerprint density at radius 3 is 3.11 bits per heavy atom. The smallest absolute Gasteiger partial charge is 0.358 e. The van der Waals surface area contributed by atoms with Crippen LogP contribution in [0.2, 0.25) is 0 Å². The molecule has 0 saturated heterocycles. The molecule has 0 aliphatic heterocycles. The van der Waals surface area contributed by atoms with Crippen molar-refractivity contribution in [3.63, 3.8) is 0 Å². The number of nitrogens with zero attached hydrogens (tertiary/aromatic N) is 3. The Balaban J connectivity index is 1.91. The molecule has 0 fully saturated rings. The second-order valence-corrected chi connectivity index (χ2v) is 4.59. The zero-order chi connectivity index (χ0) is 13.7. The van der Waals surface area contributed by atoms with Gasteiger partial charge in [-0.2, -0.15) is 5.10 Å². The van der Waals surface area contributed by atoms with Gasteiger partial charge in [-0.3, -0.25) is 4.68 Å². The summed E-state index contributed by atoms with van der Waals surface area (Å²) in [5, 5.41) is 9.40. The molecule has 0 bridgehead atoms. The second kappa shape index (κ2) is 5.96. The molecular weight excluding hydrogens is 264 g/mol. The molecular formula is C12H12N4O2S. The van der Waals surface area contributed by atoms with Gasteiger partial charge in [0, 0.05) is 24.9 Å². The van der Waals surface area contributed by atoms with Crippen molar-refractivity contribution in [2.45, 2.75) is 0 Å². The van der Waals surface area contributed by atoms with Gasteiger partial charge in [-0.05, 0) is 17.5 Å². The number of oxime groups is 1. The predicted octanol–water partition coefficient (Wildman–Crippen LogP) is 1.36. The molecule has 0 atom stereocenters. The molecule has 0 amide bonds. The molecule has 2 heterocycles. The number of carbonyl (C=O) groups is 1. The Hall–Kier alpha value is -2.41. The van der Waals surface area contributed by atoms with Crippen molar-refractivity contribution in [1.29, 1.82) is 0 Å². The molecule has 0 unspecified atom stereocenters. The lowest BCUT2D eigenvalue weighted by atomic mass is 10.3. The highest BCUT2D eigenvalue weighted by Crippen LogP contribution is 2.07. The van der Waals surface area contributed by atoms with Crippen molar-refractivity contribution < 1.29 is 9.63 Å². The average Bonchev–Trinajstić information content (AvgIpc) is 3.04. The van der Waals surface area contributed by atoms with Gasteiger partial charge in [0.05, 0.1) is 11.1 Å². The van der Waals surface area contributed by atoms with Gasteiger partial charge in [0.2, 0.25) is 0 Å². The Labute approximate surface area is 113 Å². The van der Waals surface area contributed by atoms with Gasteiger partial charge < -0.3 is 10.6 Å². The molecule has 7 heteroatoms. The zero-order valence-corrected chi connectivity index (χ0v) is 11.0. The van der Waals surface area contributed by atoms with Gasteiger partial charge in [-0.25, -0.2) is 4.79 Å². The van der Waals surface area contributed by atoms with E-state index in [2.05, 4.69) is 15.1 Å². The average molecular weight is 276 g/mol. The van der Waals surface area contributed by atoms with Gasteiger partial charge in [0.1, 0.15) is 0 Å². The number of amidine groups is 1. The standard InChI is InChI=1S/C12H12N4O2S/c1-16-8-9(7-14-16)4-5-11(17)18-15-12(13)10-3-2-6-19-10/h2-8H,1H3,(H2,13,15). The summed E-state index contributed by atoms with van der Waals surface area (Å²) in [6, 6.07) is 3.63. The van der Waals surface area contributed by atoms with Crippen LogP contribution in [0.4, 0.5) is 0 Å². The van der Waals surface area contributed by atoms with E-state index in [1.165, 1.54) is 17.4 Å². The lowest BCUT2D eigenvalue weighted by Gasteiger charge is -1.95. The van der Waals surface area contributed by atoms with E-state index in [9.17, 15) is 4.79 Å². The highest BCUT2D eigenvalue weighted by Gasteiger charge is 2.02. The maximum atomic E-state index is 11.4. The molecule has 0 aliphatic carbocycles. The predicted molar refractivity (Wildman–Crippen MR) is 73.4 cm³/mol. The Morgan fingerprint density at radius 2 is 2.47 bits per heavy atom. The maximum Gasteiger partial charge on any atom is 0.358 e. The molecule has 0 aromatic carbocycles. The molecule has 19 heavy (non-hydrogen) atoms. The minimum atomic E-state index is -0.594. The van der Waals surface area contributed by atoms with Gasteiger partial charge in [0.15, 0.2) is 5.84 Å². The Morgan fingerprint density at radius 1 is 1.63 bits per heavy atom. The summed E-state index contributed by atoms with van der Waals surface area (Å²) in [5.41, 5.74) is 6.44. The molecule has 2 rings (SSSR count). The van der Waals surface area contributed by atoms with Crippen molar-refractivity contribution in [2.24, 2.45) is 17.9 Å². The SMILES string of the molecule is Cn1cc(C=CC(=O)O/N=C(\N)c2cccs2)cn1. The van der Waals surface area contributed by atoms with Gasteiger partial charge in [0.25, 0.3) is 0 Å². The molecule has 2 N–H and O–H groups in total. The Bertz CT molecular complexity index is 613. The summed E-state index contributed by atoms with van der Waals surface area (Å²) in [4.78, 5) is 16.8. The first-order valence-electron chi connectivity index (χ1n) is 5.40. The van der Waals surface area contributed by atoms with E-state index in [1.54, 1.807) is 36.3 Å². The monoisotopic (exact) mass is 276 g/mol. The van der Waals surface area contributed by atoms with E-state index < -0.39 is 5.97 Å². The van der Waals surface area contributed by atoms with Crippen LogP contribution in [0.25, 0.3) is 6.08 Å². The van der Waals surface area contributed by atoms with Crippen LogP contribution in [0.3, 0.4) is 0 Å². The van der Waals surface area contributed by atoms with Crippen LogP contribution in [0, 0.1) is 0 Å². The van der Waals surface area contributed by atoms with Crippen LogP contribution >= 0.6 is 11.3 Å². The van der Waals surface area contributed by atoms with E-state index >= 15 is 0 Å². The molecule has 0 radical (unpaired) electrons. The van der Waals surface area contributed by atoms with Crippen molar-refractivity contribution in [1.82, 2.24) is 9.78 Å². The minimum Gasteiger partial charge on any atom is -0.380 e. The van der Waals surface area contributed by atoms with E-state index in [0.29, 0.717) is 0 Å². The number of carbonyl (C=O) groups excluding carboxylic acids is 1.